The Morgan fingerprint density at radius 1 is 1.21 bits per heavy atom. The molecule has 3 rings (SSSR count). The number of hydrogen-bond donors (Lipinski definition) is 1. The Bertz CT molecular complexity index is 572. The predicted octanol–water partition coefficient (Wildman–Crippen LogP) is 2.43. The second-order valence-corrected chi connectivity index (χ2v) is 7.69. The van der Waals surface area contributed by atoms with Gasteiger partial charge >= 0.3 is 0 Å². The molecule has 1 N–H and O–H groups in total. The van der Waals surface area contributed by atoms with Gasteiger partial charge in [-0.05, 0) is 62.9 Å². The topological polar surface area (TPSA) is 43.8 Å². The van der Waals surface area contributed by atoms with Crippen LogP contribution in [0.2, 0.25) is 5.02 Å². The Morgan fingerprint density at radius 3 is 2.58 bits per heavy atom. The number of nitrogens with zero attached hydrogens (tertiary/aromatic N) is 2. The minimum absolute atomic E-state index is 0.148. The van der Waals surface area contributed by atoms with Crippen molar-refractivity contribution in [2.24, 2.45) is 11.8 Å². The van der Waals surface area contributed by atoms with Gasteiger partial charge < -0.3 is 14.9 Å². The third kappa shape index (κ3) is 4.11. The number of benzene rings is 1. The van der Waals surface area contributed by atoms with Gasteiger partial charge in [-0.2, -0.15) is 0 Å². The Balaban J connectivity index is 1.53. The summed E-state index contributed by atoms with van der Waals surface area (Å²) in [6, 6.07) is 7.39. The Kier molecular flexibility index (Phi) is 5.80. The molecule has 2 saturated heterocycles. The fraction of sp³-hybridized carbons (Fsp3) is 0.632. The average molecular weight is 351 g/mol. The monoisotopic (exact) mass is 350 g/mol. The molecule has 2 heterocycles. The summed E-state index contributed by atoms with van der Waals surface area (Å²) in [6.07, 6.45) is 2.81. The van der Waals surface area contributed by atoms with Gasteiger partial charge in [0, 0.05) is 24.5 Å². The normalized spacial score (nSPS) is 24.3. The first-order valence-electron chi connectivity index (χ1n) is 8.93. The second kappa shape index (κ2) is 7.85. The van der Waals surface area contributed by atoms with Gasteiger partial charge in [-0.3, -0.25) is 4.79 Å². The van der Waals surface area contributed by atoms with Crippen LogP contribution in [0.1, 0.15) is 24.8 Å². The smallest absolute Gasteiger partial charge is 0.251 e. The lowest BCUT2D eigenvalue weighted by Gasteiger charge is -2.32. The number of aliphatic hydroxyl groups excluding tert-OH is 1. The minimum atomic E-state index is -0.999. The lowest BCUT2D eigenvalue weighted by atomic mass is 9.84. The van der Waals surface area contributed by atoms with Crippen LogP contribution < -0.4 is 0 Å². The molecule has 0 aromatic heterocycles. The highest BCUT2D eigenvalue weighted by Gasteiger charge is 2.35. The maximum Gasteiger partial charge on any atom is 0.251 e. The largest absolute Gasteiger partial charge is 0.383 e. The summed E-state index contributed by atoms with van der Waals surface area (Å²) in [4.78, 5) is 16.8. The van der Waals surface area contributed by atoms with Crippen molar-refractivity contribution < 1.29 is 9.90 Å². The maximum atomic E-state index is 12.6. The minimum Gasteiger partial charge on any atom is -0.383 e. The molecule has 2 aliphatic heterocycles. The number of amides is 1. The van der Waals surface area contributed by atoms with E-state index < -0.39 is 6.10 Å². The van der Waals surface area contributed by atoms with Crippen molar-refractivity contribution in [2.45, 2.75) is 31.8 Å². The second-order valence-electron chi connectivity index (χ2n) is 7.29. The fourth-order valence-electron chi connectivity index (χ4n) is 4.04. The average Bonchev–Trinajstić information content (AvgIpc) is 3.07. The number of carbonyl (C=O) groups is 1. The summed E-state index contributed by atoms with van der Waals surface area (Å²) in [5, 5.41) is 10.9. The highest BCUT2D eigenvalue weighted by Crippen LogP contribution is 2.32. The summed E-state index contributed by atoms with van der Waals surface area (Å²) < 4.78 is 0. The fourth-order valence-corrected chi connectivity index (χ4v) is 4.26. The highest BCUT2D eigenvalue weighted by molar-refractivity contribution is 6.31. The first-order chi connectivity index (χ1) is 11.5. The molecular formula is C19H27ClN2O2. The van der Waals surface area contributed by atoms with Crippen LogP contribution >= 0.6 is 11.6 Å². The molecule has 0 bridgehead atoms. The van der Waals surface area contributed by atoms with E-state index in [1.807, 2.05) is 23.1 Å². The van der Waals surface area contributed by atoms with Gasteiger partial charge in [-0.25, -0.2) is 0 Å². The summed E-state index contributed by atoms with van der Waals surface area (Å²) >= 11 is 6.13. The van der Waals surface area contributed by atoms with Crippen molar-refractivity contribution in [3.63, 3.8) is 0 Å². The van der Waals surface area contributed by atoms with E-state index in [9.17, 15) is 9.90 Å². The standard InChI is InChI=1S/C19H27ClN2O2/c1-21-9-6-14(7-10-21)16-8-11-22(13-16)19(24)18(23)12-15-4-2-3-5-17(15)20/h2-5,14,16,18,23H,6-13H2,1H3. The van der Waals surface area contributed by atoms with Crippen LogP contribution in [0.15, 0.2) is 24.3 Å². The van der Waals surface area contributed by atoms with Gasteiger partial charge in [0.1, 0.15) is 6.10 Å². The molecule has 1 amide bonds. The van der Waals surface area contributed by atoms with Crippen LogP contribution in [0, 0.1) is 11.8 Å². The van der Waals surface area contributed by atoms with Gasteiger partial charge in [0.2, 0.25) is 0 Å². The molecule has 24 heavy (non-hydrogen) atoms. The molecule has 0 saturated carbocycles. The van der Waals surface area contributed by atoms with Gasteiger partial charge in [0.05, 0.1) is 0 Å². The SMILES string of the molecule is CN1CCC(C2CCN(C(=O)C(O)Cc3ccccc3Cl)C2)CC1. The van der Waals surface area contributed by atoms with Crippen molar-refractivity contribution in [3.05, 3.63) is 34.9 Å². The lowest BCUT2D eigenvalue weighted by Crippen LogP contribution is -2.40. The lowest BCUT2D eigenvalue weighted by molar-refractivity contribution is -0.139. The zero-order chi connectivity index (χ0) is 17.1. The molecule has 1 aromatic rings. The molecule has 5 heteroatoms. The molecule has 0 aliphatic carbocycles. The van der Waals surface area contributed by atoms with Crippen molar-refractivity contribution in [3.8, 4) is 0 Å². The van der Waals surface area contributed by atoms with E-state index >= 15 is 0 Å². The Morgan fingerprint density at radius 2 is 1.88 bits per heavy atom. The van der Waals surface area contributed by atoms with Crippen LogP contribution in [-0.2, 0) is 11.2 Å². The molecule has 0 radical (unpaired) electrons. The van der Waals surface area contributed by atoms with Gasteiger partial charge in [0.25, 0.3) is 5.91 Å². The molecule has 2 fully saturated rings. The molecule has 132 valence electrons. The Labute approximate surface area is 149 Å². The van der Waals surface area contributed by atoms with Crippen LogP contribution in [0.25, 0.3) is 0 Å². The van der Waals surface area contributed by atoms with Gasteiger partial charge in [-0.15, -0.1) is 0 Å². The third-order valence-electron chi connectivity index (χ3n) is 5.62. The van der Waals surface area contributed by atoms with Gasteiger partial charge in [-0.1, -0.05) is 29.8 Å². The molecule has 4 nitrogen and oxygen atoms in total. The van der Waals surface area contributed by atoms with Gasteiger partial charge in [0.15, 0.2) is 0 Å². The van der Waals surface area contributed by atoms with Crippen molar-refractivity contribution in [1.82, 2.24) is 9.80 Å². The number of hydrogen-bond acceptors (Lipinski definition) is 3. The summed E-state index contributed by atoms with van der Waals surface area (Å²) in [7, 11) is 2.17. The van der Waals surface area contributed by atoms with E-state index in [1.165, 1.54) is 12.8 Å². The van der Waals surface area contributed by atoms with Crippen molar-refractivity contribution in [1.29, 1.82) is 0 Å². The van der Waals surface area contributed by atoms with Crippen LogP contribution in [0.5, 0.6) is 0 Å². The quantitative estimate of drug-likeness (QED) is 0.907. The summed E-state index contributed by atoms with van der Waals surface area (Å²) in [5.41, 5.74) is 0.825. The maximum absolute atomic E-state index is 12.6. The molecule has 1 aromatic carbocycles. The number of halogens is 1. The molecular weight excluding hydrogens is 324 g/mol. The zero-order valence-corrected chi connectivity index (χ0v) is 15.1. The van der Waals surface area contributed by atoms with E-state index in [4.69, 9.17) is 11.6 Å². The number of aliphatic hydroxyl groups is 1. The Hall–Kier alpha value is -1.10. The van der Waals surface area contributed by atoms with Crippen LogP contribution in [-0.4, -0.2) is 60.1 Å². The highest BCUT2D eigenvalue weighted by atomic mass is 35.5. The first-order valence-corrected chi connectivity index (χ1v) is 9.31. The van der Waals surface area contributed by atoms with Crippen molar-refractivity contribution >= 4 is 17.5 Å². The molecule has 0 spiro atoms. The predicted molar refractivity (Wildman–Crippen MR) is 96.1 cm³/mol. The summed E-state index contributed by atoms with van der Waals surface area (Å²) in [6.45, 7) is 3.89. The molecule has 2 unspecified atom stereocenters. The van der Waals surface area contributed by atoms with Crippen LogP contribution in [0.4, 0.5) is 0 Å². The van der Waals surface area contributed by atoms with E-state index in [2.05, 4.69) is 11.9 Å². The van der Waals surface area contributed by atoms with E-state index in [-0.39, 0.29) is 12.3 Å². The molecule has 2 aliphatic rings. The number of piperidine rings is 1. The molecule has 2 atom stereocenters. The van der Waals surface area contributed by atoms with E-state index in [0.29, 0.717) is 10.9 Å². The number of rotatable bonds is 4. The van der Waals surface area contributed by atoms with Crippen molar-refractivity contribution in [2.75, 3.05) is 33.2 Å². The third-order valence-corrected chi connectivity index (χ3v) is 5.99. The van der Waals surface area contributed by atoms with Crippen LogP contribution in [0.3, 0.4) is 0 Å². The van der Waals surface area contributed by atoms with E-state index in [0.717, 1.165) is 44.1 Å². The zero-order valence-electron chi connectivity index (χ0n) is 14.3. The van der Waals surface area contributed by atoms with E-state index in [1.54, 1.807) is 6.07 Å². The number of carbonyl (C=O) groups excluding carboxylic acids is 1. The first kappa shape index (κ1) is 17.7. The summed E-state index contributed by atoms with van der Waals surface area (Å²) in [5.74, 6) is 1.17. The number of likely N-dealkylation sites (tertiary alicyclic amines) is 2.